The van der Waals surface area contributed by atoms with Crippen molar-refractivity contribution in [1.82, 2.24) is 19.9 Å². The number of hydrogen-bond donors (Lipinski definition) is 2. The quantitative estimate of drug-likeness (QED) is 0.216. The van der Waals surface area contributed by atoms with E-state index in [-0.39, 0.29) is 52.3 Å². The standard InChI is InChI=1S/C33H32F5N7O4S3/c1-44-14-19-8-9-20(15-44)45(19)31-42-27(28(50-31)25-10-11-39-30(41-25)40-18-12-32(13-18)16-51(46,47)17-32)21-4-2-7-24(26(21)35)43-52(48,49)29-22(33(36,37)38)5-3-6-23(29)34/h2-7,10-11,18-20,43H,8-9,12-17H2,1H3,(H,39,40,41). The number of nitrogens with one attached hydrogen (secondary N) is 2. The van der Waals surface area contributed by atoms with Gasteiger partial charge in [-0.2, -0.15) is 13.2 Å². The van der Waals surface area contributed by atoms with Gasteiger partial charge in [0.1, 0.15) is 10.7 Å². The number of likely N-dealkylation sites (N-methyl/N-ethyl adjacent to an activating group) is 1. The number of halogens is 5. The highest BCUT2D eigenvalue weighted by molar-refractivity contribution is 7.93. The van der Waals surface area contributed by atoms with Crippen LogP contribution >= 0.6 is 11.3 Å². The number of nitrogens with zero attached hydrogens (tertiary/aromatic N) is 5. The number of benzene rings is 2. The summed E-state index contributed by atoms with van der Waals surface area (Å²) in [5, 5.41) is 3.88. The first-order valence-electron chi connectivity index (χ1n) is 16.5. The van der Waals surface area contributed by atoms with E-state index in [0.717, 1.165) is 38.1 Å². The lowest BCUT2D eigenvalue weighted by Gasteiger charge is -2.53. The SMILES string of the molecule is CN1CC2CCC(C1)N2c1nc(-c2cccc(NS(=O)(=O)c3c(F)cccc3C(F)(F)F)c2F)c(-c2ccnc(NC3CC4(C3)CS(=O)(=O)C4)n2)s1. The topological polar surface area (TPSA) is 137 Å². The monoisotopic (exact) mass is 781 g/mol. The lowest BCUT2D eigenvalue weighted by molar-refractivity contribution is -0.140. The zero-order chi connectivity index (χ0) is 36.8. The van der Waals surface area contributed by atoms with Gasteiger partial charge in [-0.25, -0.2) is 40.6 Å². The minimum Gasteiger partial charge on any atom is -0.351 e. The van der Waals surface area contributed by atoms with E-state index >= 15 is 4.39 Å². The molecule has 19 heteroatoms. The summed E-state index contributed by atoms with van der Waals surface area (Å²) < 4.78 is 124. The van der Waals surface area contributed by atoms with E-state index in [1.165, 1.54) is 29.7 Å². The van der Waals surface area contributed by atoms with Crippen molar-refractivity contribution >= 4 is 48.0 Å². The van der Waals surface area contributed by atoms with E-state index in [2.05, 4.69) is 20.1 Å². The molecule has 0 amide bonds. The predicted octanol–water partition coefficient (Wildman–Crippen LogP) is 5.64. The Morgan fingerprint density at radius 3 is 2.35 bits per heavy atom. The Hall–Kier alpha value is -3.94. The number of sulfonamides is 1. The zero-order valence-electron chi connectivity index (χ0n) is 27.5. The highest BCUT2D eigenvalue weighted by Gasteiger charge is 2.56. The van der Waals surface area contributed by atoms with Crippen LogP contribution in [0.1, 0.15) is 31.2 Å². The number of thiazole rings is 1. The molecule has 2 aromatic heterocycles. The summed E-state index contributed by atoms with van der Waals surface area (Å²) in [7, 11) is -6.20. The number of fused-ring (bicyclic) bond motifs is 2. The molecule has 3 aliphatic heterocycles. The maximum Gasteiger partial charge on any atom is 0.417 e. The van der Waals surface area contributed by atoms with Gasteiger partial charge in [0, 0.05) is 48.4 Å². The Balaban J connectivity index is 1.16. The largest absolute Gasteiger partial charge is 0.417 e. The highest BCUT2D eigenvalue weighted by atomic mass is 32.2. The van der Waals surface area contributed by atoms with Crippen LogP contribution in [0.4, 0.5) is 38.7 Å². The number of likely N-dealkylation sites (tertiary alicyclic amines) is 1. The van der Waals surface area contributed by atoms with Crippen molar-refractivity contribution in [2.24, 2.45) is 5.41 Å². The Labute approximate surface area is 300 Å². The van der Waals surface area contributed by atoms with Crippen LogP contribution in [0, 0.1) is 17.0 Å². The molecule has 4 aromatic rings. The average Bonchev–Trinajstić information content (AvgIpc) is 3.58. The Bertz CT molecular complexity index is 2270. The molecule has 4 fully saturated rings. The molecule has 11 nitrogen and oxygen atoms in total. The van der Waals surface area contributed by atoms with Crippen molar-refractivity contribution in [2.75, 3.05) is 46.6 Å². The molecular weight excluding hydrogens is 750 g/mol. The van der Waals surface area contributed by atoms with Crippen LogP contribution in [0.25, 0.3) is 21.8 Å². The van der Waals surface area contributed by atoms with Gasteiger partial charge in [0.25, 0.3) is 10.0 Å². The lowest BCUT2D eigenvalue weighted by Crippen LogP contribution is -2.60. The Morgan fingerprint density at radius 1 is 0.981 bits per heavy atom. The molecule has 1 aliphatic carbocycles. The molecule has 0 radical (unpaired) electrons. The van der Waals surface area contributed by atoms with E-state index in [9.17, 15) is 34.4 Å². The third-order valence-corrected chi connectivity index (χ3v) is 14.8. The molecule has 5 heterocycles. The summed E-state index contributed by atoms with van der Waals surface area (Å²) in [6.07, 6.45) is -0.479. The molecule has 2 bridgehead atoms. The average molecular weight is 782 g/mol. The van der Waals surface area contributed by atoms with Gasteiger partial charge in [-0.05, 0) is 63.1 Å². The molecule has 2 unspecified atom stereocenters. The maximum atomic E-state index is 16.5. The number of aromatic nitrogens is 3. The van der Waals surface area contributed by atoms with Gasteiger partial charge in [-0.15, -0.1) is 0 Å². The predicted molar refractivity (Wildman–Crippen MR) is 185 cm³/mol. The molecule has 4 aliphatic rings. The number of piperazine rings is 1. The van der Waals surface area contributed by atoms with E-state index in [1.807, 2.05) is 11.8 Å². The molecular formula is C33H32F5N7O4S3. The fourth-order valence-electron chi connectivity index (χ4n) is 8.15. The van der Waals surface area contributed by atoms with Gasteiger partial charge in [-0.3, -0.25) is 4.72 Å². The van der Waals surface area contributed by atoms with Crippen LogP contribution < -0.4 is 14.9 Å². The van der Waals surface area contributed by atoms with Crippen LogP contribution in [0.2, 0.25) is 0 Å². The molecule has 2 N–H and O–H groups in total. The minimum atomic E-state index is -5.27. The minimum absolute atomic E-state index is 0.0299. The van der Waals surface area contributed by atoms with Crippen molar-refractivity contribution in [3.05, 3.63) is 65.9 Å². The van der Waals surface area contributed by atoms with E-state index in [1.54, 1.807) is 6.07 Å². The van der Waals surface area contributed by atoms with Crippen molar-refractivity contribution in [2.45, 2.75) is 54.9 Å². The molecule has 2 aromatic carbocycles. The fourth-order valence-corrected chi connectivity index (χ4v) is 12.9. The molecule has 3 saturated heterocycles. The fraction of sp³-hybridized carbons (Fsp3) is 0.424. The van der Waals surface area contributed by atoms with Crippen molar-refractivity contribution < 1.29 is 38.8 Å². The summed E-state index contributed by atoms with van der Waals surface area (Å²) in [5.74, 6) is -2.14. The molecule has 1 spiro atoms. The number of rotatable bonds is 8. The zero-order valence-corrected chi connectivity index (χ0v) is 29.9. The Morgan fingerprint density at radius 2 is 1.67 bits per heavy atom. The van der Waals surface area contributed by atoms with E-state index < -0.39 is 53.8 Å². The van der Waals surface area contributed by atoms with Gasteiger partial charge >= 0.3 is 6.18 Å². The van der Waals surface area contributed by atoms with Crippen LogP contribution in [-0.4, -0.2) is 86.5 Å². The second kappa shape index (κ2) is 12.3. The molecule has 52 heavy (non-hydrogen) atoms. The van der Waals surface area contributed by atoms with Crippen molar-refractivity contribution in [1.29, 1.82) is 0 Å². The molecule has 276 valence electrons. The number of alkyl halides is 3. The summed E-state index contributed by atoms with van der Waals surface area (Å²) in [6, 6.07) is 7.40. The Kier molecular flexibility index (Phi) is 8.31. The maximum absolute atomic E-state index is 16.5. The van der Waals surface area contributed by atoms with Gasteiger partial charge in [-0.1, -0.05) is 23.5 Å². The molecule has 2 atom stereocenters. The molecule has 8 rings (SSSR count). The van der Waals surface area contributed by atoms with Crippen LogP contribution in [0.3, 0.4) is 0 Å². The van der Waals surface area contributed by atoms with Gasteiger partial charge < -0.3 is 15.1 Å². The molecule has 1 saturated carbocycles. The normalized spacial score (nSPS) is 22.6. The van der Waals surface area contributed by atoms with Gasteiger partial charge in [0.05, 0.1) is 39.0 Å². The first kappa shape index (κ1) is 35.1. The highest BCUT2D eigenvalue weighted by Crippen LogP contribution is 2.51. The summed E-state index contributed by atoms with van der Waals surface area (Å²) in [6.45, 7) is 1.60. The second-order valence-corrected chi connectivity index (χ2v) is 18.8. The van der Waals surface area contributed by atoms with Crippen molar-refractivity contribution in [3.63, 3.8) is 0 Å². The summed E-state index contributed by atoms with van der Waals surface area (Å²) in [5.41, 5.74) is -2.26. The van der Waals surface area contributed by atoms with Gasteiger partial charge in [0.2, 0.25) is 5.95 Å². The first-order valence-corrected chi connectivity index (χ1v) is 20.6. The summed E-state index contributed by atoms with van der Waals surface area (Å²) in [4.78, 5) is 17.2. The third kappa shape index (κ3) is 6.28. The number of anilines is 3. The smallest absolute Gasteiger partial charge is 0.351 e. The third-order valence-electron chi connectivity index (χ3n) is 10.2. The van der Waals surface area contributed by atoms with Crippen molar-refractivity contribution in [3.8, 4) is 21.8 Å². The number of sulfone groups is 1. The first-order chi connectivity index (χ1) is 24.5. The lowest BCUT2D eigenvalue weighted by atomic mass is 9.67. The van der Waals surface area contributed by atoms with E-state index in [0.29, 0.717) is 40.7 Å². The van der Waals surface area contributed by atoms with Gasteiger partial charge in [0.15, 0.2) is 20.8 Å². The summed E-state index contributed by atoms with van der Waals surface area (Å²) >= 11 is 1.29. The van der Waals surface area contributed by atoms with Crippen LogP contribution in [0.5, 0.6) is 0 Å². The van der Waals surface area contributed by atoms with E-state index in [4.69, 9.17) is 9.97 Å². The number of hydrogen-bond acceptors (Lipinski definition) is 11. The van der Waals surface area contributed by atoms with Crippen LogP contribution in [-0.2, 0) is 26.0 Å². The second-order valence-electron chi connectivity index (χ2n) is 14.1. The van der Waals surface area contributed by atoms with Crippen LogP contribution in [0.15, 0.2) is 53.6 Å².